The Morgan fingerprint density at radius 3 is 2.38 bits per heavy atom. The van der Waals surface area contributed by atoms with Gasteiger partial charge in [-0.15, -0.1) is 0 Å². The number of hydrogen-bond donors (Lipinski definition) is 0. The Balaban J connectivity index is 1.99. The van der Waals surface area contributed by atoms with Crippen LogP contribution in [0.15, 0.2) is 47.7 Å². The van der Waals surface area contributed by atoms with Crippen LogP contribution in [0.2, 0.25) is 0 Å². The molecule has 0 unspecified atom stereocenters. The Kier molecular flexibility index (Phi) is 4.98. The van der Waals surface area contributed by atoms with E-state index in [0.29, 0.717) is 0 Å². The van der Waals surface area contributed by atoms with Crippen molar-refractivity contribution >= 4 is 5.96 Å². The summed E-state index contributed by atoms with van der Waals surface area (Å²) in [7, 11) is 8.02. The molecular formula is C16H23N5. The molecule has 2 rings (SSSR count). The molecule has 0 aliphatic carbocycles. The maximum absolute atomic E-state index is 4.63. The number of hydrogen-bond acceptors (Lipinski definition) is 2. The molecule has 0 fully saturated rings. The van der Waals surface area contributed by atoms with Crippen molar-refractivity contribution in [2.75, 3.05) is 34.7 Å². The SMILES string of the molecule is CN(C)C(=NCCc1cnn(-c2ccccc2)c1)N(C)C. The number of nitrogens with zero attached hydrogens (tertiary/aromatic N) is 5. The predicted octanol–water partition coefficient (Wildman–Crippen LogP) is 1.89. The Hall–Kier alpha value is -2.30. The van der Waals surface area contributed by atoms with Crippen molar-refractivity contribution < 1.29 is 0 Å². The minimum Gasteiger partial charge on any atom is -0.349 e. The van der Waals surface area contributed by atoms with Crippen LogP contribution >= 0.6 is 0 Å². The highest BCUT2D eigenvalue weighted by Gasteiger charge is 2.04. The van der Waals surface area contributed by atoms with Crippen LogP contribution in [0.1, 0.15) is 5.56 Å². The molecule has 5 heteroatoms. The van der Waals surface area contributed by atoms with Gasteiger partial charge in [0.2, 0.25) is 0 Å². The minimum atomic E-state index is 0.756. The Labute approximate surface area is 126 Å². The lowest BCUT2D eigenvalue weighted by molar-refractivity contribution is 0.479. The van der Waals surface area contributed by atoms with Gasteiger partial charge in [-0.2, -0.15) is 5.10 Å². The highest BCUT2D eigenvalue weighted by atomic mass is 15.3. The van der Waals surface area contributed by atoms with Gasteiger partial charge in [0.1, 0.15) is 0 Å². The predicted molar refractivity (Wildman–Crippen MR) is 86.9 cm³/mol. The lowest BCUT2D eigenvalue weighted by atomic mass is 10.2. The van der Waals surface area contributed by atoms with Crippen molar-refractivity contribution in [1.29, 1.82) is 0 Å². The molecule has 112 valence electrons. The van der Waals surface area contributed by atoms with Crippen LogP contribution in [0.3, 0.4) is 0 Å². The molecule has 0 saturated heterocycles. The summed E-state index contributed by atoms with van der Waals surface area (Å²) >= 11 is 0. The lowest BCUT2D eigenvalue weighted by Crippen LogP contribution is -2.35. The highest BCUT2D eigenvalue weighted by molar-refractivity contribution is 5.79. The van der Waals surface area contributed by atoms with E-state index in [-0.39, 0.29) is 0 Å². The summed E-state index contributed by atoms with van der Waals surface area (Å²) < 4.78 is 1.90. The summed E-state index contributed by atoms with van der Waals surface area (Å²) in [5.41, 5.74) is 2.27. The summed E-state index contributed by atoms with van der Waals surface area (Å²) in [5.74, 6) is 0.977. The fraction of sp³-hybridized carbons (Fsp3) is 0.375. The smallest absolute Gasteiger partial charge is 0.195 e. The van der Waals surface area contributed by atoms with Gasteiger partial charge in [-0.3, -0.25) is 4.99 Å². The van der Waals surface area contributed by atoms with E-state index < -0.39 is 0 Å². The van der Waals surface area contributed by atoms with Crippen LogP contribution in [0.4, 0.5) is 0 Å². The van der Waals surface area contributed by atoms with Gasteiger partial charge < -0.3 is 9.80 Å². The van der Waals surface area contributed by atoms with Gasteiger partial charge in [0.25, 0.3) is 0 Å². The summed E-state index contributed by atoms with van der Waals surface area (Å²) in [6, 6.07) is 10.1. The molecule has 0 aliphatic heterocycles. The summed E-state index contributed by atoms with van der Waals surface area (Å²) in [6.07, 6.45) is 4.86. The summed E-state index contributed by atoms with van der Waals surface area (Å²) in [4.78, 5) is 8.67. The first kappa shape index (κ1) is 15.1. The first-order valence-electron chi connectivity index (χ1n) is 7.06. The monoisotopic (exact) mass is 285 g/mol. The van der Waals surface area contributed by atoms with Gasteiger partial charge in [-0.1, -0.05) is 18.2 Å². The van der Waals surface area contributed by atoms with Gasteiger partial charge >= 0.3 is 0 Å². The van der Waals surface area contributed by atoms with E-state index in [1.165, 1.54) is 5.56 Å². The van der Waals surface area contributed by atoms with Gasteiger partial charge in [-0.05, 0) is 24.1 Å². The standard InChI is InChI=1S/C16H23N5/c1-19(2)16(20(3)4)17-11-10-14-12-18-21(13-14)15-8-6-5-7-9-15/h5-9,12-13H,10-11H2,1-4H3. The molecule has 1 aromatic carbocycles. The van der Waals surface area contributed by atoms with E-state index in [0.717, 1.165) is 24.6 Å². The largest absolute Gasteiger partial charge is 0.349 e. The van der Waals surface area contributed by atoms with Crippen molar-refractivity contribution in [2.24, 2.45) is 4.99 Å². The molecule has 1 heterocycles. The molecule has 0 N–H and O–H groups in total. The molecule has 5 nitrogen and oxygen atoms in total. The third-order valence-corrected chi connectivity index (χ3v) is 3.11. The Bertz CT molecular complexity index is 574. The second kappa shape index (κ2) is 6.92. The maximum atomic E-state index is 4.63. The first-order valence-corrected chi connectivity index (χ1v) is 7.06. The van der Waals surface area contributed by atoms with Gasteiger partial charge in [0.15, 0.2) is 5.96 Å². The zero-order valence-electron chi connectivity index (χ0n) is 13.2. The van der Waals surface area contributed by atoms with Crippen molar-refractivity contribution in [3.8, 4) is 5.69 Å². The second-order valence-corrected chi connectivity index (χ2v) is 5.35. The number of para-hydroxylation sites is 1. The van der Waals surface area contributed by atoms with Crippen LogP contribution in [-0.4, -0.2) is 60.3 Å². The minimum absolute atomic E-state index is 0.756. The fourth-order valence-electron chi connectivity index (χ4n) is 2.18. The molecule has 0 aliphatic rings. The van der Waals surface area contributed by atoms with Crippen molar-refractivity contribution in [1.82, 2.24) is 19.6 Å². The van der Waals surface area contributed by atoms with Crippen molar-refractivity contribution in [3.05, 3.63) is 48.3 Å². The van der Waals surface area contributed by atoms with E-state index >= 15 is 0 Å². The van der Waals surface area contributed by atoms with E-state index in [1.54, 1.807) is 0 Å². The van der Waals surface area contributed by atoms with Crippen molar-refractivity contribution in [3.63, 3.8) is 0 Å². The fourth-order valence-corrected chi connectivity index (χ4v) is 2.18. The van der Waals surface area contributed by atoms with Crippen LogP contribution in [0, 0.1) is 0 Å². The van der Waals surface area contributed by atoms with E-state index in [1.807, 2.05) is 79.2 Å². The van der Waals surface area contributed by atoms with Gasteiger partial charge in [0, 0.05) is 40.9 Å². The Morgan fingerprint density at radius 1 is 1.10 bits per heavy atom. The van der Waals surface area contributed by atoms with E-state index in [2.05, 4.69) is 16.3 Å². The first-order chi connectivity index (χ1) is 10.1. The topological polar surface area (TPSA) is 36.7 Å². The van der Waals surface area contributed by atoms with Crippen LogP contribution < -0.4 is 0 Å². The van der Waals surface area contributed by atoms with Crippen LogP contribution in [0.25, 0.3) is 5.69 Å². The van der Waals surface area contributed by atoms with E-state index in [4.69, 9.17) is 0 Å². The average Bonchev–Trinajstić information content (AvgIpc) is 2.92. The third-order valence-electron chi connectivity index (χ3n) is 3.11. The highest BCUT2D eigenvalue weighted by Crippen LogP contribution is 2.08. The molecule has 0 saturated carbocycles. The van der Waals surface area contributed by atoms with E-state index in [9.17, 15) is 0 Å². The molecular weight excluding hydrogens is 262 g/mol. The van der Waals surface area contributed by atoms with Crippen LogP contribution in [0.5, 0.6) is 0 Å². The normalized spacial score (nSPS) is 10.3. The maximum Gasteiger partial charge on any atom is 0.195 e. The number of aromatic nitrogens is 2. The molecule has 0 amide bonds. The van der Waals surface area contributed by atoms with Crippen LogP contribution in [-0.2, 0) is 6.42 Å². The molecule has 0 spiro atoms. The quantitative estimate of drug-likeness (QED) is 0.636. The van der Waals surface area contributed by atoms with Gasteiger partial charge in [0.05, 0.1) is 11.9 Å². The molecule has 0 bridgehead atoms. The molecule has 0 radical (unpaired) electrons. The zero-order valence-corrected chi connectivity index (χ0v) is 13.2. The van der Waals surface area contributed by atoms with Crippen molar-refractivity contribution in [2.45, 2.75) is 6.42 Å². The molecule has 2 aromatic rings. The lowest BCUT2D eigenvalue weighted by Gasteiger charge is -2.22. The number of aliphatic imine (C=N–C) groups is 1. The van der Waals surface area contributed by atoms with Gasteiger partial charge in [-0.25, -0.2) is 4.68 Å². The molecule has 21 heavy (non-hydrogen) atoms. The molecule has 0 atom stereocenters. The average molecular weight is 285 g/mol. The Morgan fingerprint density at radius 2 is 1.76 bits per heavy atom. The third kappa shape index (κ3) is 4.08. The second-order valence-electron chi connectivity index (χ2n) is 5.35. The summed E-state index contributed by atoms with van der Waals surface area (Å²) in [6.45, 7) is 0.756. The number of benzene rings is 1. The summed E-state index contributed by atoms with van der Waals surface area (Å²) in [5, 5.41) is 4.40. The molecule has 1 aromatic heterocycles. The number of guanidine groups is 1. The zero-order chi connectivity index (χ0) is 15.2. The number of rotatable bonds is 4.